The first kappa shape index (κ1) is 13.2. The first-order chi connectivity index (χ1) is 8.16. The van der Waals surface area contributed by atoms with Crippen LogP contribution in [0.15, 0.2) is 23.1 Å². The normalized spacial score (nSPS) is 19.4. The molecule has 1 atom stereocenters. The molecule has 0 radical (unpaired) electrons. The number of thioether (sulfide) groups is 1. The van der Waals surface area contributed by atoms with Crippen LogP contribution in [0.3, 0.4) is 0 Å². The minimum atomic E-state index is 0.463. The molecule has 0 fully saturated rings. The van der Waals surface area contributed by atoms with Crippen LogP contribution in [-0.2, 0) is 0 Å². The van der Waals surface area contributed by atoms with Crippen LogP contribution in [0.2, 0.25) is 5.02 Å². The molecule has 1 N–H and O–H groups in total. The van der Waals surface area contributed by atoms with Crippen molar-refractivity contribution in [2.75, 3.05) is 32.9 Å². The van der Waals surface area contributed by atoms with E-state index in [0.29, 0.717) is 6.04 Å². The van der Waals surface area contributed by atoms with E-state index in [2.05, 4.69) is 36.4 Å². The standard InChI is InChI=1S/C13H19ClN2S/c1-16(2)7-6-15-12-5-8-17-13-4-3-10(14)9-11(12)13/h3-4,9,12,15H,5-8H2,1-2H3. The predicted molar refractivity (Wildman–Crippen MR) is 76.1 cm³/mol. The van der Waals surface area contributed by atoms with E-state index < -0.39 is 0 Å². The van der Waals surface area contributed by atoms with Gasteiger partial charge in [-0.05, 0) is 50.0 Å². The van der Waals surface area contributed by atoms with E-state index >= 15 is 0 Å². The maximum absolute atomic E-state index is 6.08. The number of halogens is 1. The van der Waals surface area contributed by atoms with Gasteiger partial charge in [-0.1, -0.05) is 11.6 Å². The van der Waals surface area contributed by atoms with Crippen LogP contribution in [0.25, 0.3) is 0 Å². The van der Waals surface area contributed by atoms with Gasteiger partial charge in [0, 0.05) is 29.0 Å². The average Bonchev–Trinajstić information content (AvgIpc) is 2.29. The van der Waals surface area contributed by atoms with E-state index in [9.17, 15) is 0 Å². The maximum atomic E-state index is 6.08. The van der Waals surface area contributed by atoms with Gasteiger partial charge in [-0.3, -0.25) is 0 Å². The fourth-order valence-corrected chi connectivity index (χ4v) is 3.33. The van der Waals surface area contributed by atoms with Crippen LogP contribution in [-0.4, -0.2) is 37.8 Å². The number of nitrogens with zero attached hydrogens (tertiary/aromatic N) is 1. The Morgan fingerprint density at radius 1 is 1.47 bits per heavy atom. The van der Waals surface area contributed by atoms with Gasteiger partial charge in [0.05, 0.1) is 0 Å². The Balaban J connectivity index is 2.03. The summed E-state index contributed by atoms with van der Waals surface area (Å²) in [7, 11) is 4.20. The average molecular weight is 271 g/mol. The summed E-state index contributed by atoms with van der Waals surface area (Å²) >= 11 is 8.01. The van der Waals surface area contributed by atoms with E-state index in [1.54, 1.807) is 0 Å². The molecular formula is C13H19ClN2S. The number of hydrogen-bond acceptors (Lipinski definition) is 3. The van der Waals surface area contributed by atoms with Gasteiger partial charge in [-0.15, -0.1) is 11.8 Å². The van der Waals surface area contributed by atoms with Crippen molar-refractivity contribution < 1.29 is 0 Å². The summed E-state index contributed by atoms with van der Waals surface area (Å²) < 4.78 is 0. The maximum Gasteiger partial charge on any atom is 0.0410 e. The minimum absolute atomic E-state index is 0.463. The molecule has 0 bridgehead atoms. The Hall–Kier alpha value is -0.220. The molecule has 94 valence electrons. The Bertz CT molecular complexity index is 382. The van der Waals surface area contributed by atoms with Gasteiger partial charge in [0.15, 0.2) is 0 Å². The topological polar surface area (TPSA) is 15.3 Å². The van der Waals surface area contributed by atoms with Gasteiger partial charge in [0.2, 0.25) is 0 Å². The fraction of sp³-hybridized carbons (Fsp3) is 0.538. The molecule has 1 aliphatic heterocycles. The smallest absolute Gasteiger partial charge is 0.0410 e. The Morgan fingerprint density at radius 3 is 3.06 bits per heavy atom. The molecule has 1 aromatic carbocycles. The zero-order valence-electron chi connectivity index (χ0n) is 10.4. The van der Waals surface area contributed by atoms with E-state index in [1.165, 1.54) is 22.6 Å². The van der Waals surface area contributed by atoms with Gasteiger partial charge in [-0.25, -0.2) is 0 Å². The monoisotopic (exact) mass is 270 g/mol. The quantitative estimate of drug-likeness (QED) is 0.905. The van der Waals surface area contributed by atoms with Gasteiger partial charge in [0.25, 0.3) is 0 Å². The summed E-state index contributed by atoms with van der Waals surface area (Å²) in [5.74, 6) is 1.19. The highest BCUT2D eigenvalue weighted by Crippen LogP contribution is 2.37. The molecular weight excluding hydrogens is 252 g/mol. The highest BCUT2D eigenvalue weighted by atomic mass is 35.5. The van der Waals surface area contributed by atoms with Crippen molar-refractivity contribution in [1.29, 1.82) is 0 Å². The Labute approximate surface area is 113 Å². The Morgan fingerprint density at radius 2 is 2.29 bits per heavy atom. The highest BCUT2D eigenvalue weighted by Gasteiger charge is 2.20. The summed E-state index contributed by atoms with van der Waals surface area (Å²) in [6.07, 6.45) is 1.19. The van der Waals surface area contributed by atoms with Crippen LogP contribution in [0.5, 0.6) is 0 Å². The third kappa shape index (κ3) is 3.62. The van der Waals surface area contributed by atoms with Crippen molar-refractivity contribution in [3.05, 3.63) is 28.8 Å². The van der Waals surface area contributed by atoms with E-state index in [4.69, 9.17) is 11.6 Å². The molecule has 1 heterocycles. The van der Waals surface area contributed by atoms with Gasteiger partial charge < -0.3 is 10.2 Å². The van der Waals surface area contributed by atoms with E-state index in [-0.39, 0.29) is 0 Å². The number of likely N-dealkylation sites (N-methyl/N-ethyl adjacent to an activating group) is 1. The number of benzene rings is 1. The van der Waals surface area contributed by atoms with Crippen LogP contribution in [0.1, 0.15) is 18.0 Å². The van der Waals surface area contributed by atoms with Crippen molar-refractivity contribution >= 4 is 23.4 Å². The molecule has 4 heteroatoms. The summed E-state index contributed by atoms with van der Waals surface area (Å²) in [4.78, 5) is 3.58. The zero-order chi connectivity index (χ0) is 12.3. The molecule has 1 aromatic rings. The largest absolute Gasteiger partial charge is 0.309 e. The molecule has 0 amide bonds. The van der Waals surface area contributed by atoms with Crippen LogP contribution >= 0.6 is 23.4 Å². The fourth-order valence-electron chi connectivity index (χ4n) is 2.04. The minimum Gasteiger partial charge on any atom is -0.309 e. The number of hydrogen-bond donors (Lipinski definition) is 1. The second-order valence-electron chi connectivity index (χ2n) is 4.63. The summed E-state index contributed by atoms with van der Waals surface area (Å²) in [6.45, 7) is 2.09. The van der Waals surface area contributed by atoms with Crippen molar-refractivity contribution in [1.82, 2.24) is 10.2 Å². The molecule has 0 saturated heterocycles. The lowest BCUT2D eigenvalue weighted by atomic mass is 10.0. The first-order valence-corrected chi connectivity index (χ1v) is 7.33. The molecule has 17 heavy (non-hydrogen) atoms. The molecule has 2 nitrogen and oxygen atoms in total. The van der Waals surface area contributed by atoms with Crippen molar-refractivity contribution in [2.45, 2.75) is 17.4 Å². The molecule has 1 unspecified atom stereocenters. The molecule has 1 aliphatic rings. The van der Waals surface area contributed by atoms with E-state index in [1.807, 2.05) is 17.8 Å². The molecule has 2 rings (SSSR count). The highest BCUT2D eigenvalue weighted by molar-refractivity contribution is 7.99. The summed E-state index contributed by atoms with van der Waals surface area (Å²) in [5.41, 5.74) is 1.37. The molecule has 0 aliphatic carbocycles. The number of fused-ring (bicyclic) bond motifs is 1. The van der Waals surface area contributed by atoms with Crippen molar-refractivity contribution in [3.8, 4) is 0 Å². The number of rotatable bonds is 4. The van der Waals surface area contributed by atoms with Gasteiger partial charge in [0.1, 0.15) is 0 Å². The third-order valence-corrected chi connectivity index (χ3v) is 4.32. The van der Waals surface area contributed by atoms with Crippen LogP contribution in [0.4, 0.5) is 0 Å². The SMILES string of the molecule is CN(C)CCNC1CCSc2ccc(Cl)cc21. The second kappa shape index (κ2) is 6.10. The van der Waals surface area contributed by atoms with Crippen molar-refractivity contribution in [2.24, 2.45) is 0 Å². The lowest BCUT2D eigenvalue weighted by Gasteiger charge is -2.26. The van der Waals surface area contributed by atoms with E-state index in [0.717, 1.165) is 18.1 Å². The van der Waals surface area contributed by atoms with Gasteiger partial charge >= 0.3 is 0 Å². The lowest BCUT2D eigenvalue weighted by molar-refractivity contribution is 0.381. The molecule has 0 spiro atoms. The molecule has 0 aromatic heterocycles. The zero-order valence-corrected chi connectivity index (χ0v) is 11.9. The third-order valence-electron chi connectivity index (χ3n) is 2.96. The van der Waals surface area contributed by atoms with Gasteiger partial charge in [-0.2, -0.15) is 0 Å². The Kier molecular flexibility index (Phi) is 4.74. The first-order valence-electron chi connectivity index (χ1n) is 5.97. The predicted octanol–water partition coefficient (Wildman–Crippen LogP) is 3.03. The van der Waals surface area contributed by atoms with Crippen molar-refractivity contribution in [3.63, 3.8) is 0 Å². The summed E-state index contributed by atoms with van der Waals surface area (Å²) in [5, 5.41) is 4.46. The lowest BCUT2D eigenvalue weighted by Crippen LogP contribution is -2.31. The second-order valence-corrected chi connectivity index (χ2v) is 6.20. The number of nitrogens with one attached hydrogen (secondary N) is 1. The van der Waals surface area contributed by atoms with Crippen LogP contribution < -0.4 is 5.32 Å². The molecule has 0 saturated carbocycles. The summed E-state index contributed by atoms with van der Waals surface area (Å²) in [6, 6.07) is 6.69. The van der Waals surface area contributed by atoms with Crippen LogP contribution in [0, 0.1) is 0 Å².